The van der Waals surface area contributed by atoms with Crippen molar-refractivity contribution in [2.24, 2.45) is 0 Å². The highest BCUT2D eigenvalue weighted by Gasteiger charge is 2.28. The van der Waals surface area contributed by atoms with Crippen LogP contribution in [0.5, 0.6) is 0 Å². The Balaban J connectivity index is 2.25. The van der Waals surface area contributed by atoms with Crippen molar-refractivity contribution < 1.29 is 13.5 Å². The Morgan fingerprint density at radius 1 is 1.29 bits per heavy atom. The van der Waals surface area contributed by atoms with Crippen molar-refractivity contribution in [3.05, 3.63) is 24.3 Å². The minimum Gasteiger partial charge on any atom is -0.393 e. The molecule has 0 saturated carbocycles. The third-order valence-electron chi connectivity index (χ3n) is 2.92. The summed E-state index contributed by atoms with van der Waals surface area (Å²) in [5, 5.41) is 9.37. The number of sulfonamides is 1. The summed E-state index contributed by atoms with van der Waals surface area (Å²) < 4.78 is 25.9. The molecule has 0 amide bonds. The van der Waals surface area contributed by atoms with Gasteiger partial charge in [0.1, 0.15) is 7.85 Å². The fourth-order valence-corrected chi connectivity index (χ4v) is 3.43. The van der Waals surface area contributed by atoms with Gasteiger partial charge in [-0.3, -0.25) is 0 Å². The molecule has 6 heteroatoms. The minimum atomic E-state index is -3.47. The van der Waals surface area contributed by atoms with E-state index in [9.17, 15) is 13.5 Å². The second-order valence-corrected chi connectivity index (χ2v) is 6.15. The van der Waals surface area contributed by atoms with Crippen LogP contribution in [0.3, 0.4) is 0 Å². The van der Waals surface area contributed by atoms with Gasteiger partial charge in [-0.15, -0.1) is 0 Å². The second-order valence-electron chi connectivity index (χ2n) is 4.21. The molecule has 90 valence electrons. The quantitative estimate of drug-likeness (QED) is 0.729. The lowest BCUT2D eigenvalue weighted by molar-refractivity contribution is 0.113. The largest absolute Gasteiger partial charge is 0.393 e. The van der Waals surface area contributed by atoms with Gasteiger partial charge >= 0.3 is 0 Å². The minimum absolute atomic E-state index is 0.217. The summed E-state index contributed by atoms with van der Waals surface area (Å²) in [7, 11) is 2.12. The molecule has 1 saturated heterocycles. The number of piperidine rings is 1. The summed E-state index contributed by atoms with van der Waals surface area (Å²) in [6, 6.07) is 6.27. The first-order chi connectivity index (χ1) is 8.00. The maximum atomic E-state index is 12.2. The van der Waals surface area contributed by atoms with E-state index in [0.29, 0.717) is 31.4 Å². The topological polar surface area (TPSA) is 57.6 Å². The third kappa shape index (κ3) is 2.70. The van der Waals surface area contributed by atoms with E-state index in [1.807, 2.05) is 0 Å². The monoisotopic (exact) mass is 251 g/mol. The summed E-state index contributed by atoms with van der Waals surface area (Å²) in [6.07, 6.45) is 0.589. The van der Waals surface area contributed by atoms with Crippen LogP contribution in [-0.4, -0.2) is 44.9 Å². The van der Waals surface area contributed by atoms with Crippen molar-refractivity contribution in [3.8, 4) is 0 Å². The summed E-state index contributed by atoms with van der Waals surface area (Å²) in [5.74, 6) is 0. The molecule has 1 N–H and O–H groups in total. The molecule has 1 fully saturated rings. The zero-order chi connectivity index (χ0) is 12.5. The lowest BCUT2D eigenvalue weighted by Crippen LogP contribution is -2.40. The number of aliphatic hydroxyl groups excluding tert-OH is 1. The van der Waals surface area contributed by atoms with Gasteiger partial charge in [-0.05, 0) is 25.0 Å². The van der Waals surface area contributed by atoms with Gasteiger partial charge in [0.2, 0.25) is 10.0 Å². The van der Waals surface area contributed by atoms with Crippen LogP contribution in [0.15, 0.2) is 29.2 Å². The molecule has 0 spiro atoms. The first-order valence-electron chi connectivity index (χ1n) is 5.54. The molecule has 1 aliphatic rings. The maximum absolute atomic E-state index is 12.2. The normalized spacial score (nSPS) is 19.4. The molecule has 0 aromatic heterocycles. The van der Waals surface area contributed by atoms with Crippen molar-refractivity contribution in [2.75, 3.05) is 13.1 Å². The van der Waals surface area contributed by atoms with Gasteiger partial charge < -0.3 is 5.11 Å². The van der Waals surface area contributed by atoms with Crippen molar-refractivity contribution in [1.82, 2.24) is 4.31 Å². The van der Waals surface area contributed by atoms with Crippen LogP contribution in [0.1, 0.15) is 12.8 Å². The molecule has 0 aliphatic carbocycles. The molecule has 2 rings (SSSR count). The SMILES string of the molecule is [B]c1cccc(S(=O)(=O)N2CCC(O)CC2)c1. The van der Waals surface area contributed by atoms with E-state index in [2.05, 4.69) is 0 Å². The highest BCUT2D eigenvalue weighted by Crippen LogP contribution is 2.19. The van der Waals surface area contributed by atoms with Crippen molar-refractivity contribution in [1.29, 1.82) is 0 Å². The molecule has 1 aromatic rings. The Labute approximate surface area is 103 Å². The van der Waals surface area contributed by atoms with E-state index >= 15 is 0 Å². The molecular formula is C11H14BNO3S. The van der Waals surface area contributed by atoms with Crippen LogP contribution in [0.25, 0.3) is 0 Å². The van der Waals surface area contributed by atoms with Gasteiger partial charge in [0.25, 0.3) is 0 Å². The summed E-state index contributed by atoms with van der Waals surface area (Å²) in [6.45, 7) is 0.719. The maximum Gasteiger partial charge on any atom is 0.243 e. The molecule has 1 aliphatic heterocycles. The van der Waals surface area contributed by atoms with Gasteiger partial charge in [0.05, 0.1) is 11.0 Å². The zero-order valence-electron chi connectivity index (χ0n) is 9.41. The third-order valence-corrected chi connectivity index (χ3v) is 4.81. The first-order valence-corrected chi connectivity index (χ1v) is 6.98. The molecule has 0 bridgehead atoms. The van der Waals surface area contributed by atoms with Crippen LogP contribution in [-0.2, 0) is 10.0 Å². The van der Waals surface area contributed by atoms with Gasteiger partial charge in [-0.2, -0.15) is 4.31 Å². The van der Waals surface area contributed by atoms with Gasteiger partial charge in [0, 0.05) is 13.1 Å². The molecule has 1 aromatic carbocycles. The Morgan fingerprint density at radius 3 is 2.53 bits per heavy atom. The van der Waals surface area contributed by atoms with Gasteiger partial charge in [-0.1, -0.05) is 17.6 Å². The van der Waals surface area contributed by atoms with E-state index in [1.54, 1.807) is 12.1 Å². The molecule has 4 nitrogen and oxygen atoms in total. The fourth-order valence-electron chi connectivity index (χ4n) is 1.91. The summed E-state index contributed by atoms with van der Waals surface area (Å²) in [5.41, 5.74) is 0.433. The molecule has 17 heavy (non-hydrogen) atoms. The number of rotatable bonds is 2. The molecule has 1 heterocycles. The van der Waals surface area contributed by atoms with Crippen LogP contribution < -0.4 is 5.46 Å². The van der Waals surface area contributed by atoms with E-state index in [-0.39, 0.29) is 11.0 Å². The number of hydrogen-bond acceptors (Lipinski definition) is 3. The Hall–Kier alpha value is -0.845. The van der Waals surface area contributed by atoms with Crippen molar-refractivity contribution in [3.63, 3.8) is 0 Å². The van der Waals surface area contributed by atoms with Crippen molar-refractivity contribution >= 4 is 23.3 Å². The lowest BCUT2D eigenvalue weighted by atomic mass is 9.97. The average Bonchev–Trinajstić information content (AvgIpc) is 2.29. The molecular weight excluding hydrogens is 237 g/mol. The van der Waals surface area contributed by atoms with E-state index in [0.717, 1.165) is 0 Å². The summed E-state index contributed by atoms with van der Waals surface area (Å²) in [4.78, 5) is 0.217. The number of hydrogen-bond donors (Lipinski definition) is 1. The van der Waals surface area contributed by atoms with Gasteiger partial charge in [-0.25, -0.2) is 8.42 Å². The predicted molar refractivity (Wildman–Crippen MR) is 65.8 cm³/mol. The highest BCUT2D eigenvalue weighted by atomic mass is 32.2. The summed E-state index contributed by atoms with van der Waals surface area (Å²) >= 11 is 0. The Kier molecular flexibility index (Phi) is 3.56. The van der Waals surface area contributed by atoms with Crippen LogP contribution in [0.4, 0.5) is 0 Å². The first kappa shape index (κ1) is 12.6. The van der Waals surface area contributed by atoms with Crippen LogP contribution in [0, 0.1) is 0 Å². The van der Waals surface area contributed by atoms with Gasteiger partial charge in [0.15, 0.2) is 0 Å². The predicted octanol–water partition coefficient (Wildman–Crippen LogP) is -0.374. The molecule has 2 radical (unpaired) electrons. The standard InChI is InChI=1S/C11H14BNO3S/c12-9-2-1-3-11(8-9)17(15,16)13-6-4-10(14)5-7-13/h1-3,8,10,14H,4-7H2. The average molecular weight is 251 g/mol. The number of aliphatic hydroxyl groups is 1. The highest BCUT2D eigenvalue weighted by molar-refractivity contribution is 7.89. The number of benzene rings is 1. The fraction of sp³-hybridized carbons (Fsp3) is 0.455. The Bertz CT molecular complexity index is 495. The van der Waals surface area contributed by atoms with Crippen molar-refractivity contribution in [2.45, 2.75) is 23.8 Å². The molecule has 0 unspecified atom stereocenters. The van der Waals surface area contributed by atoms with Crippen LogP contribution in [0.2, 0.25) is 0 Å². The van der Waals surface area contributed by atoms with E-state index < -0.39 is 10.0 Å². The zero-order valence-corrected chi connectivity index (χ0v) is 10.2. The second kappa shape index (κ2) is 4.80. The lowest BCUT2D eigenvalue weighted by Gasteiger charge is -2.28. The van der Waals surface area contributed by atoms with E-state index in [4.69, 9.17) is 7.85 Å². The van der Waals surface area contributed by atoms with E-state index in [1.165, 1.54) is 16.4 Å². The van der Waals surface area contributed by atoms with Crippen LogP contribution >= 0.6 is 0 Å². The number of nitrogens with zero attached hydrogens (tertiary/aromatic N) is 1. The smallest absolute Gasteiger partial charge is 0.243 e. The Morgan fingerprint density at radius 2 is 1.94 bits per heavy atom. The molecule has 0 atom stereocenters.